The van der Waals surface area contributed by atoms with E-state index < -0.39 is 0 Å². The highest BCUT2D eigenvalue weighted by molar-refractivity contribution is 5.17. The fraction of sp³-hybridized carbons (Fsp3) is 0.667. The number of pyridine rings is 1. The van der Waals surface area contributed by atoms with Crippen LogP contribution in [-0.2, 0) is 4.74 Å². The Labute approximate surface area is 120 Å². The molecule has 0 radical (unpaired) electrons. The van der Waals surface area contributed by atoms with Gasteiger partial charge in [-0.1, -0.05) is 0 Å². The molecule has 0 aliphatic carbocycles. The third-order valence-electron chi connectivity index (χ3n) is 3.86. The highest BCUT2D eigenvalue weighted by Gasteiger charge is 2.28. The molecule has 0 amide bonds. The van der Waals surface area contributed by atoms with Gasteiger partial charge in [0.15, 0.2) is 0 Å². The minimum atomic E-state index is 0.0762. The predicted octanol–water partition coefficient (Wildman–Crippen LogP) is 0.943. The van der Waals surface area contributed by atoms with Gasteiger partial charge in [-0.15, -0.1) is 0 Å². The fourth-order valence-corrected chi connectivity index (χ4v) is 2.95. The zero-order chi connectivity index (χ0) is 14.4. The standard InChI is InChI=1S/C15H25N3O2/c1-12(16)15(13-2-6-17-7-3-13)18-8-4-14(5-9-18)20-11-10-19/h2-3,6-7,12,14-15,19H,4-5,8-11,16H2,1H3. The van der Waals surface area contributed by atoms with Gasteiger partial charge in [-0.05, 0) is 37.5 Å². The third kappa shape index (κ3) is 3.99. The number of hydrogen-bond donors (Lipinski definition) is 2. The van der Waals surface area contributed by atoms with E-state index in [1.807, 2.05) is 24.5 Å². The number of rotatable bonds is 6. The first kappa shape index (κ1) is 15.4. The maximum Gasteiger partial charge on any atom is 0.0701 e. The summed E-state index contributed by atoms with van der Waals surface area (Å²) in [5, 5.41) is 8.80. The van der Waals surface area contributed by atoms with Crippen molar-refractivity contribution in [3.63, 3.8) is 0 Å². The highest BCUT2D eigenvalue weighted by atomic mass is 16.5. The molecule has 1 aromatic heterocycles. The summed E-state index contributed by atoms with van der Waals surface area (Å²) in [6.45, 7) is 4.54. The molecule has 0 bridgehead atoms. The van der Waals surface area contributed by atoms with Gasteiger partial charge in [0.25, 0.3) is 0 Å². The topological polar surface area (TPSA) is 71.6 Å². The molecule has 2 unspecified atom stereocenters. The van der Waals surface area contributed by atoms with Gasteiger partial charge in [0.1, 0.15) is 0 Å². The Kier molecular flexibility index (Phi) is 5.91. The first-order valence-electron chi connectivity index (χ1n) is 7.34. The lowest BCUT2D eigenvalue weighted by Gasteiger charge is -2.39. The van der Waals surface area contributed by atoms with Crippen molar-refractivity contribution in [3.8, 4) is 0 Å². The quantitative estimate of drug-likeness (QED) is 0.811. The predicted molar refractivity (Wildman–Crippen MR) is 78.3 cm³/mol. The van der Waals surface area contributed by atoms with Crippen molar-refractivity contribution >= 4 is 0 Å². The Hall–Kier alpha value is -1.01. The van der Waals surface area contributed by atoms with Crippen LogP contribution < -0.4 is 5.73 Å². The number of ether oxygens (including phenoxy) is 1. The number of nitrogens with two attached hydrogens (primary N) is 1. The molecule has 20 heavy (non-hydrogen) atoms. The van der Waals surface area contributed by atoms with Gasteiger partial charge in [0, 0.05) is 37.6 Å². The van der Waals surface area contributed by atoms with E-state index in [4.69, 9.17) is 15.6 Å². The molecule has 2 rings (SSSR count). The minimum Gasteiger partial charge on any atom is -0.394 e. The summed E-state index contributed by atoms with van der Waals surface area (Å²) in [6.07, 6.45) is 5.90. The zero-order valence-corrected chi connectivity index (χ0v) is 12.1. The Bertz CT molecular complexity index is 378. The van der Waals surface area contributed by atoms with Crippen LogP contribution in [0.4, 0.5) is 0 Å². The highest BCUT2D eigenvalue weighted by Crippen LogP contribution is 2.27. The van der Waals surface area contributed by atoms with Gasteiger partial charge in [-0.2, -0.15) is 0 Å². The summed E-state index contributed by atoms with van der Waals surface area (Å²) in [5.41, 5.74) is 7.41. The number of nitrogens with zero attached hydrogens (tertiary/aromatic N) is 2. The van der Waals surface area contributed by atoms with Crippen LogP contribution >= 0.6 is 0 Å². The van der Waals surface area contributed by atoms with Crippen molar-refractivity contribution in [2.45, 2.75) is 38.0 Å². The molecule has 1 fully saturated rings. The lowest BCUT2D eigenvalue weighted by molar-refractivity contribution is -0.0172. The van der Waals surface area contributed by atoms with Crippen molar-refractivity contribution in [1.82, 2.24) is 9.88 Å². The molecule has 5 nitrogen and oxygen atoms in total. The second-order valence-corrected chi connectivity index (χ2v) is 5.41. The normalized spacial score (nSPS) is 20.8. The second kappa shape index (κ2) is 7.69. The van der Waals surface area contributed by atoms with E-state index in [2.05, 4.69) is 16.8 Å². The number of hydrogen-bond acceptors (Lipinski definition) is 5. The van der Waals surface area contributed by atoms with Gasteiger partial charge in [0.2, 0.25) is 0 Å². The maximum atomic E-state index is 8.80. The maximum absolute atomic E-state index is 8.80. The van der Waals surface area contributed by atoms with E-state index >= 15 is 0 Å². The number of likely N-dealkylation sites (tertiary alicyclic amines) is 1. The van der Waals surface area contributed by atoms with Crippen LogP contribution in [0.1, 0.15) is 31.4 Å². The Morgan fingerprint density at radius 2 is 2.05 bits per heavy atom. The van der Waals surface area contributed by atoms with Gasteiger partial charge >= 0.3 is 0 Å². The lowest BCUT2D eigenvalue weighted by atomic mass is 9.97. The molecule has 1 aromatic rings. The Morgan fingerprint density at radius 3 is 2.60 bits per heavy atom. The molecule has 1 aliphatic rings. The van der Waals surface area contributed by atoms with Crippen LogP contribution in [0.2, 0.25) is 0 Å². The SMILES string of the molecule is CC(N)C(c1ccncc1)N1CCC(OCCO)CC1. The summed E-state index contributed by atoms with van der Waals surface area (Å²) in [5.74, 6) is 0. The van der Waals surface area contributed by atoms with E-state index in [9.17, 15) is 0 Å². The summed E-state index contributed by atoms with van der Waals surface area (Å²) in [4.78, 5) is 6.50. The smallest absolute Gasteiger partial charge is 0.0701 e. The Balaban J connectivity index is 1.96. The van der Waals surface area contributed by atoms with E-state index in [0.717, 1.165) is 25.9 Å². The molecule has 0 aromatic carbocycles. The molecular formula is C15H25N3O2. The van der Waals surface area contributed by atoms with Crippen molar-refractivity contribution in [3.05, 3.63) is 30.1 Å². The summed E-state index contributed by atoms with van der Waals surface area (Å²) in [7, 11) is 0. The van der Waals surface area contributed by atoms with Crippen LogP contribution in [0.25, 0.3) is 0 Å². The summed E-state index contributed by atoms with van der Waals surface area (Å²) >= 11 is 0. The van der Waals surface area contributed by atoms with Crippen LogP contribution in [0.5, 0.6) is 0 Å². The first-order valence-corrected chi connectivity index (χ1v) is 7.34. The van der Waals surface area contributed by atoms with Crippen LogP contribution in [0, 0.1) is 0 Å². The monoisotopic (exact) mass is 279 g/mol. The zero-order valence-electron chi connectivity index (χ0n) is 12.1. The number of piperidine rings is 1. The molecule has 3 N–H and O–H groups in total. The molecule has 0 spiro atoms. The molecule has 1 saturated heterocycles. The van der Waals surface area contributed by atoms with Crippen LogP contribution in [0.15, 0.2) is 24.5 Å². The lowest BCUT2D eigenvalue weighted by Crippen LogP contribution is -2.45. The van der Waals surface area contributed by atoms with Gasteiger partial charge in [-0.25, -0.2) is 0 Å². The van der Waals surface area contributed by atoms with E-state index in [1.54, 1.807) is 0 Å². The average Bonchev–Trinajstić information content (AvgIpc) is 2.47. The molecule has 0 saturated carbocycles. The summed E-state index contributed by atoms with van der Waals surface area (Å²) < 4.78 is 5.61. The largest absolute Gasteiger partial charge is 0.394 e. The summed E-state index contributed by atoms with van der Waals surface area (Å²) in [6, 6.07) is 4.40. The number of aromatic nitrogens is 1. The first-order chi connectivity index (χ1) is 9.72. The van der Waals surface area contributed by atoms with Gasteiger partial charge in [-0.3, -0.25) is 9.88 Å². The van der Waals surface area contributed by atoms with Crippen molar-refractivity contribution in [1.29, 1.82) is 0 Å². The third-order valence-corrected chi connectivity index (χ3v) is 3.86. The van der Waals surface area contributed by atoms with Gasteiger partial charge in [0.05, 0.1) is 19.3 Å². The average molecular weight is 279 g/mol. The molecule has 2 heterocycles. The molecule has 5 heteroatoms. The van der Waals surface area contributed by atoms with E-state index in [1.165, 1.54) is 5.56 Å². The number of aliphatic hydroxyl groups excluding tert-OH is 1. The molecular weight excluding hydrogens is 254 g/mol. The van der Waals surface area contributed by atoms with Crippen molar-refractivity contribution in [2.24, 2.45) is 5.73 Å². The molecule has 112 valence electrons. The van der Waals surface area contributed by atoms with Crippen molar-refractivity contribution in [2.75, 3.05) is 26.3 Å². The second-order valence-electron chi connectivity index (χ2n) is 5.41. The minimum absolute atomic E-state index is 0.0762. The van der Waals surface area contributed by atoms with E-state index in [-0.39, 0.29) is 24.8 Å². The molecule has 2 atom stereocenters. The van der Waals surface area contributed by atoms with Crippen molar-refractivity contribution < 1.29 is 9.84 Å². The van der Waals surface area contributed by atoms with E-state index in [0.29, 0.717) is 6.61 Å². The van der Waals surface area contributed by atoms with Crippen LogP contribution in [0.3, 0.4) is 0 Å². The molecule has 1 aliphatic heterocycles. The fourth-order valence-electron chi connectivity index (χ4n) is 2.95. The van der Waals surface area contributed by atoms with Gasteiger partial charge < -0.3 is 15.6 Å². The number of aliphatic hydroxyl groups is 1. The Morgan fingerprint density at radius 1 is 1.40 bits per heavy atom. The van der Waals surface area contributed by atoms with Crippen LogP contribution in [-0.4, -0.2) is 53.4 Å².